The van der Waals surface area contributed by atoms with E-state index in [9.17, 15) is 0 Å². The van der Waals surface area contributed by atoms with E-state index in [-0.39, 0.29) is 24.8 Å². The molecule has 4 nitrogen and oxygen atoms in total. The van der Waals surface area contributed by atoms with Gasteiger partial charge in [0.15, 0.2) is 5.95 Å². The van der Waals surface area contributed by atoms with E-state index in [2.05, 4.69) is 9.97 Å². The Morgan fingerprint density at radius 3 is 2.45 bits per heavy atom. The van der Waals surface area contributed by atoms with Crippen molar-refractivity contribution in [1.29, 1.82) is 0 Å². The molecule has 0 radical (unpaired) electrons. The molecule has 0 amide bonds. The fourth-order valence-corrected chi connectivity index (χ4v) is 0.659. The maximum Gasteiger partial charge on any atom is 0.197 e. The number of hydrogen-bond donors (Lipinski definition) is 3. The van der Waals surface area contributed by atoms with Crippen LogP contribution in [0.15, 0.2) is 6.20 Å². The molecule has 0 aliphatic carbocycles. The van der Waals surface area contributed by atoms with Crippen molar-refractivity contribution in [3.8, 4) is 0 Å². The van der Waals surface area contributed by atoms with E-state index in [1.165, 1.54) is 0 Å². The summed E-state index contributed by atoms with van der Waals surface area (Å²) in [5, 5.41) is 0. The largest absolute Gasteiger partial charge is 0.369 e. The molecule has 1 rings (SSSR count). The normalized spacial score (nSPS) is 8.09. The van der Waals surface area contributed by atoms with Crippen LogP contribution >= 0.6 is 24.8 Å². The molecule has 6 heteroatoms. The maximum absolute atomic E-state index is 5.30. The van der Waals surface area contributed by atoms with E-state index in [1.54, 1.807) is 6.20 Å². The number of nitrogens with zero attached hydrogens (tertiary/aromatic N) is 1. The molecule has 1 aromatic heterocycles. The minimum atomic E-state index is 0. The van der Waals surface area contributed by atoms with Gasteiger partial charge in [0.1, 0.15) is 0 Å². The molecule has 5 N–H and O–H groups in total. The maximum atomic E-state index is 5.30. The Bertz CT molecular complexity index is 188. The minimum Gasteiger partial charge on any atom is -0.369 e. The number of imidazole rings is 1. The smallest absolute Gasteiger partial charge is 0.197 e. The first kappa shape index (κ1) is 13.2. The molecule has 1 heterocycles. The van der Waals surface area contributed by atoms with Gasteiger partial charge in [-0.3, -0.25) is 0 Å². The number of hydrogen-bond acceptors (Lipinski definition) is 3. The van der Waals surface area contributed by atoms with Gasteiger partial charge in [0.2, 0.25) is 0 Å². The van der Waals surface area contributed by atoms with E-state index < -0.39 is 0 Å². The standard InChI is InChI=1S/C5H10N4.2ClH/c6-2-1-4-3-8-5(7)9-4;;/h3H,1-2,6H2,(H3,7,8,9);2*1H. The Balaban J connectivity index is 0. The first-order valence-electron chi connectivity index (χ1n) is 2.82. The van der Waals surface area contributed by atoms with E-state index in [4.69, 9.17) is 11.5 Å². The zero-order chi connectivity index (χ0) is 6.69. The highest BCUT2D eigenvalue weighted by atomic mass is 35.5. The lowest BCUT2D eigenvalue weighted by Gasteiger charge is -1.87. The zero-order valence-corrected chi connectivity index (χ0v) is 7.54. The number of anilines is 1. The van der Waals surface area contributed by atoms with Crippen molar-refractivity contribution in [3.05, 3.63) is 11.9 Å². The molecule has 0 fully saturated rings. The first-order valence-corrected chi connectivity index (χ1v) is 2.82. The molecule has 0 saturated heterocycles. The number of nitrogens with two attached hydrogens (primary N) is 2. The Hall–Kier alpha value is -0.450. The van der Waals surface area contributed by atoms with Gasteiger partial charge in [0.25, 0.3) is 0 Å². The van der Waals surface area contributed by atoms with Crippen LogP contribution in [0.1, 0.15) is 5.69 Å². The Labute approximate surface area is 77.6 Å². The molecule has 11 heavy (non-hydrogen) atoms. The summed E-state index contributed by atoms with van der Waals surface area (Å²) >= 11 is 0. The number of nitrogen functional groups attached to an aromatic ring is 1. The second kappa shape index (κ2) is 6.27. The van der Waals surface area contributed by atoms with Gasteiger partial charge in [-0.15, -0.1) is 24.8 Å². The van der Waals surface area contributed by atoms with E-state index in [0.717, 1.165) is 12.1 Å². The number of aromatic amines is 1. The Morgan fingerprint density at radius 1 is 1.45 bits per heavy atom. The lowest BCUT2D eigenvalue weighted by atomic mass is 10.3. The third kappa shape index (κ3) is 4.08. The number of H-pyrrole nitrogens is 1. The number of halogens is 2. The second-order valence-corrected chi connectivity index (χ2v) is 1.83. The van der Waals surface area contributed by atoms with Crippen molar-refractivity contribution in [2.45, 2.75) is 6.42 Å². The van der Waals surface area contributed by atoms with Gasteiger partial charge in [0, 0.05) is 12.1 Å². The summed E-state index contributed by atoms with van der Waals surface area (Å²) in [5.74, 6) is 0.457. The molecule has 0 saturated carbocycles. The summed E-state index contributed by atoms with van der Waals surface area (Å²) < 4.78 is 0. The molecule has 0 aromatic carbocycles. The van der Waals surface area contributed by atoms with Crippen LogP contribution in [0.4, 0.5) is 5.95 Å². The van der Waals surface area contributed by atoms with Crippen LogP contribution in [-0.2, 0) is 6.42 Å². The summed E-state index contributed by atoms with van der Waals surface area (Å²) in [6.45, 7) is 0.627. The molecule has 0 aliphatic heterocycles. The molecule has 0 aliphatic rings. The molecule has 66 valence electrons. The molecular weight excluding hydrogens is 187 g/mol. The predicted octanol–water partition coefficient (Wildman–Crippen LogP) is 0.337. The molecule has 0 unspecified atom stereocenters. The van der Waals surface area contributed by atoms with Crippen molar-refractivity contribution in [1.82, 2.24) is 9.97 Å². The summed E-state index contributed by atoms with van der Waals surface area (Å²) in [4.78, 5) is 6.67. The number of nitrogens with one attached hydrogen (secondary N) is 1. The lowest BCUT2D eigenvalue weighted by Crippen LogP contribution is -2.02. The van der Waals surface area contributed by atoms with Crippen molar-refractivity contribution < 1.29 is 0 Å². The molecule has 0 spiro atoms. The van der Waals surface area contributed by atoms with Crippen LogP contribution in [-0.4, -0.2) is 16.5 Å². The van der Waals surface area contributed by atoms with E-state index >= 15 is 0 Å². The third-order valence-electron chi connectivity index (χ3n) is 1.06. The van der Waals surface area contributed by atoms with Gasteiger partial charge in [-0.2, -0.15) is 0 Å². The van der Waals surface area contributed by atoms with Gasteiger partial charge >= 0.3 is 0 Å². The highest BCUT2D eigenvalue weighted by Gasteiger charge is 1.92. The van der Waals surface area contributed by atoms with Crippen LogP contribution in [0, 0.1) is 0 Å². The summed E-state index contributed by atoms with van der Waals surface area (Å²) in [7, 11) is 0. The van der Waals surface area contributed by atoms with Gasteiger partial charge in [-0.1, -0.05) is 0 Å². The Kier molecular flexibility index (Phi) is 7.51. The van der Waals surface area contributed by atoms with Gasteiger partial charge in [-0.05, 0) is 6.54 Å². The van der Waals surface area contributed by atoms with Crippen LogP contribution in [0.2, 0.25) is 0 Å². The summed E-state index contributed by atoms with van der Waals surface area (Å²) in [5.41, 5.74) is 11.6. The van der Waals surface area contributed by atoms with E-state index in [0.29, 0.717) is 12.5 Å². The third-order valence-corrected chi connectivity index (χ3v) is 1.06. The van der Waals surface area contributed by atoms with Crippen LogP contribution in [0.3, 0.4) is 0 Å². The van der Waals surface area contributed by atoms with Gasteiger partial charge in [0.05, 0.1) is 6.20 Å². The van der Waals surface area contributed by atoms with E-state index in [1.807, 2.05) is 0 Å². The SMILES string of the molecule is Cl.Cl.NCCc1cnc(N)[nH]1. The topological polar surface area (TPSA) is 80.7 Å². The molecule has 1 aromatic rings. The van der Waals surface area contributed by atoms with Crippen molar-refractivity contribution >= 4 is 30.8 Å². The second-order valence-electron chi connectivity index (χ2n) is 1.83. The van der Waals surface area contributed by atoms with Crippen LogP contribution in [0.25, 0.3) is 0 Å². The summed E-state index contributed by atoms with van der Waals surface area (Å²) in [6.07, 6.45) is 2.51. The highest BCUT2D eigenvalue weighted by molar-refractivity contribution is 5.85. The lowest BCUT2D eigenvalue weighted by molar-refractivity contribution is 0.936. The van der Waals surface area contributed by atoms with Crippen molar-refractivity contribution in [3.63, 3.8) is 0 Å². The fourth-order valence-electron chi connectivity index (χ4n) is 0.659. The van der Waals surface area contributed by atoms with Crippen molar-refractivity contribution in [2.24, 2.45) is 5.73 Å². The van der Waals surface area contributed by atoms with Crippen molar-refractivity contribution in [2.75, 3.05) is 12.3 Å². The number of aromatic nitrogens is 2. The quantitative estimate of drug-likeness (QED) is 0.642. The fraction of sp³-hybridized carbons (Fsp3) is 0.400. The van der Waals surface area contributed by atoms with Gasteiger partial charge < -0.3 is 16.5 Å². The first-order chi connectivity index (χ1) is 4.33. The highest BCUT2D eigenvalue weighted by Crippen LogP contribution is 1.96. The molecule has 0 atom stereocenters. The zero-order valence-electron chi connectivity index (χ0n) is 5.91. The van der Waals surface area contributed by atoms with Gasteiger partial charge in [-0.25, -0.2) is 4.98 Å². The average molecular weight is 199 g/mol. The van der Waals surface area contributed by atoms with Crippen LogP contribution < -0.4 is 11.5 Å². The van der Waals surface area contributed by atoms with Crippen LogP contribution in [0.5, 0.6) is 0 Å². The summed E-state index contributed by atoms with van der Waals surface area (Å²) in [6, 6.07) is 0. The molecular formula is C5H12Cl2N4. The predicted molar refractivity (Wildman–Crippen MR) is 50.3 cm³/mol. The monoisotopic (exact) mass is 198 g/mol. The Morgan fingerprint density at radius 2 is 2.09 bits per heavy atom. The minimum absolute atomic E-state index is 0. The number of rotatable bonds is 2. The molecule has 0 bridgehead atoms. The average Bonchev–Trinajstić information content (AvgIpc) is 2.17.